The fourth-order valence-corrected chi connectivity index (χ4v) is 1.48. The molecule has 0 aromatic heterocycles. The first-order valence-corrected chi connectivity index (χ1v) is 5.75. The molecular weight excluding hydrogens is 204 g/mol. The van der Waals surface area contributed by atoms with Crippen LogP contribution >= 0.6 is 0 Å². The van der Waals surface area contributed by atoms with E-state index >= 15 is 0 Å². The second-order valence-corrected chi connectivity index (χ2v) is 4.30. The van der Waals surface area contributed by atoms with Gasteiger partial charge in [-0.15, -0.1) is 0 Å². The Bertz CT molecular complexity index is 289. The van der Waals surface area contributed by atoms with Gasteiger partial charge >= 0.3 is 0 Å². The Morgan fingerprint density at radius 2 is 2.12 bits per heavy atom. The summed E-state index contributed by atoms with van der Waals surface area (Å²) < 4.78 is 10.6. The maximum atomic E-state index is 9.18. The number of aryl methyl sites for hydroxylation is 1. The fraction of sp³-hybridized carbons (Fsp3) is 0.538. The van der Waals surface area contributed by atoms with Crippen molar-refractivity contribution in [2.45, 2.75) is 32.0 Å². The maximum Gasteiger partial charge on any atom is 0.119 e. The molecule has 1 fully saturated rings. The molecule has 16 heavy (non-hydrogen) atoms. The van der Waals surface area contributed by atoms with Gasteiger partial charge in [0.05, 0.1) is 12.7 Å². The maximum absolute atomic E-state index is 9.18. The second-order valence-electron chi connectivity index (χ2n) is 4.30. The lowest BCUT2D eigenvalue weighted by atomic mass is 10.1. The van der Waals surface area contributed by atoms with E-state index in [1.165, 1.54) is 5.56 Å². The third-order valence-corrected chi connectivity index (χ3v) is 2.61. The molecule has 0 saturated carbocycles. The van der Waals surface area contributed by atoms with Gasteiger partial charge in [-0.05, 0) is 37.5 Å². The summed E-state index contributed by atoms with van der Waals surface area (Å²) in [6, 6.07) is 8.04. The van der Waals surface area contributed by atoms with E-state index in [9.17, 15) is 5.11 Å². The molecule has 3 heteroatoms. The molecule has 0 radical (unpaired) electrons. The van der Waals surface area contributed by atoms with Gasteiger partial charge in [-0.25, -0.2) is 0 Å². The number of hydrogen-bond acceptors (Lipinski definition) is 3. The third-order valence-electron chi connectivity index (χ3n) is 2.61. The smallest absolute Gasteiger partial charge is 0.119 e. The minimum Gasteiger partial charge on any atom is -0.491 e. The van der Waals surface area contributed by atoms with Crippen LogP contribution < -0.4 is 4.74 Å². The molecule has 2 atom stereocenters. The second kappa shape index (κ2) is 5.32. The van der Waals surface area contributed by atoms with E-state index in [0.717, 1.165) is 25.2 Å². The van der Waals surface area contributed by atoms with Gasteiger partial charge in [-0.3, -0.25) is 0 Å². The van der Waals surface area contributed by atoms with Crippen LogP contribution in [0.1, 0.15) is 18.9 Å². The Hall–Kier alpha value is -1.06. The van der Waals surface area contributed by atoms with E-state index in [1.54, 1.807) is 0 Å². The lowest BCUT2D eigenvalue weighted by Gasteiger charge is -2.06. The highest BCUT2D eigenvalue weighted by atomic mass is 16.6. The Labute approximate surface area is 96.0 Å². The van der Waals surface area contributed by atoms with Crippen molar-refractivity contribution in [1.29, 1.82) is 0 Å². The summed E-state index contributed by atoms with van der Waals surface area (Å²) in [7, 11) is 0. The molecule has 1 aromatic rings. The van der Waals surface area contributed by atoms with Gasteiger partial charge in [0.15, 0.2) is 0 Å². The zero-order chi connectivity index (χ0) is 11.4. The van der Waals surface area contributed by atoms with Crippen LogP contribution in [0.4, 0.5) is 0 Å². The van der Waals surface area contributed by atoms with Gasteiger partial charge in [-0.2, -0.15) is 0 Å². The van der Waals surface area contributed by atoms with Crippen molar-refractivity contribution in [3.63, 3.8) is 0 Å². The molecule has 1 heterocycles. The van der Waals surface area contributed by atoms with Gasteiger partial charge < -0.3 is 14.6 Å². The standard InChI is InChI=1S/C13H18O3/c1-10(14)2-3-11-4-6-12(7-5-11)15-8-13-9-16-13/h4-7,10,13-14H,2-3,8-9H2,1H3. The molecule has 0 aliphatic carbocycles. The highest BCUT2D eigenvalue weighted by Gasteiger charge is 2.22. The number of aliphatic hydroxyl groups is 1. The van der Waals surface area contributed by atoms with Gasteiger partial charge in [0.25, 0.3) is 0 Å². The number of aliphatic hydroxyl groups excluding tert-OH is 1. The zero-order valence-electron chi connectivity index (χ0n) is 9.56. The number of epoxide rings is 1. The highest BCUT2D eigenvalue weighted by molar-refractivity contribution is 5.27. The van der Waals surface area contributed by atoms with Crippen LogP contribution in [0, 0.1) is 0 Å². The molecule has 1 aliphatic rings. The molecule has 1 aliphatic heterocycles. The summed E-state index contributed by atoms with van der Waals surface area (Å²) in [6.07, 6.45) is 1.78. The van der Waals surface area contributed by atoms with Crippen LogP contribution in [-0.4, -0.2) is 30.5 Å². The minimum atomic E-state index is -0.233. The number of ether oxygens (including phenoxy) is 2. The molecule has 1 saturated heterocycles. The van der Waals surface area contributed by atoms with Crippen LogP contribution in [0.2, 0.25) is 0 Å². The van der Waals surface area contributed by atoms with E-state index in [0.29, 0.717) is 12.7 Å². The molecule has 0 bridgehead atoms. The predicted octanol–water partition coefficient (Wildman–Crippen LogP) is 1.78. The van der Waals surface area contributed by atoms with Crippen LogP contribution in [-0.2, 0) is 11.2 Å². The highest BCUT2D eigenvalue weighted by Crippen LogP contribution is 2.16. The van der Waals surface area contributed by atoms with Crippen molar-refractivity contribution in [2.75, 3.05) is 13.2 Å². The van der Waals surface area contributed by atoms with Gasteiger partial charge in [0, 0.05) is 0 Å². The van der Waals surface area contributed by atoms with E-state index in [2.05, 4.69) is 0 Å². The molecule has 0 spiro atoms. The molecule has 1 aromatic carbocycles. The van der Waals surface area contributed by atoms with Crippen molar-refractivity contribution in [3.8, 4) is 5.75 Å². The van der Waals surface area contributed by atoms with Crippen molar-refractivity contribution in [1.82, 2.24) is 0 Å². The summed E-state index contributed by atoms with van der Waals surface area (Å²) in [5.74, 6) is 0.885. The first-order chi connectivity index (χ1) is 7.74. The number of hydrogen-bond donors (Lipinski definition) is 1. The van der Waals surface area contributed by atoms with Gasteiger partial charge in [-0.1, -0.05) is 12.1 Å². The van der Waals surface area contributed by atoms with Gasteiger partial charge in [0.1, 0.15) is 18.5 Å². The summed E-state index contributed by atoms with van der Waals surface area (Å²) in [4.78, 5) is 0. The quantitative estimate of drug-likeness (QED) is 0.746. The Morgan fingerprint density at radius 1 is 1.44 bits per heavy atom. The van der Waals surface area contributed by atoms with E-state index in [-0.39, 0.29) is 6.10 Å². The Kier molecular flexibility index (Phi) is 3.80. The molecule has 2 rings (SSSR count). The van der Waals surface area contributed by atoms with E-state index in [1.807, 2.05) is 31.2 Å². The van der Waals surface area contributed by atoms with Crippen molar-refractivity contribution in [2.24, 2.45) is 0 Å². The Morgan fingerprint density at radius 3 is 2.69 bits per heavy atom. The zero-order valence-corrected chi connectivity index (χ0v) is 9.56. The van der Waals surface area contributed by atoms with Crippen LogP contribution in [0.5, 0.6) is 5.75 Å². The summed E-state index contributed by atoms with van der Waals surface area (Å²) >= 11 is 0. The summed E-state index contributed by atoms with van der Waals surface area (Å²) in [5, 5.41) is 9.18. The predicted molar refractivity (Wildman–Crippen MR) is 61.7 cm³/mol. The lowest BCUT2D eigenvalue weighted by molar-refractivity contribution is 0.185. The van der Waals surface area contributed by atoms with Crippen molar-refractivity contribution in [3.05, 3.63) is 29.8 Å². The molecule has 88 valence electrons. The summed E-state index contributed by atoms with van der Waals surface area (Å²) in [5.41, 5.74) is 1.23. The van der Waals surface area contributed by atoms with Crippen LogP contribution in [0.3, 0.4) is 0 Å². The largest absolute Gasteiger partial charge is 0.491 e. The van der Waals surface area contributed by atoms with E-state index < -0.39 is 0 Å². The molecule has 3 nitrogen and oxygen atoms in total. The molecule has 2 unspecified atom stereocenters. The average molecular weight is 222 g/mol. The van der Waals surface area contributed by atoms with Crippen molar-refractivity contribution >= 4 is 0 Å². The van der Waals surface area contributed by atoms with E-state index in [4.69, 9.17) is 9.47 Å². The molecular formula is C13H18O3. The van der Waals surface area contributed by atoms with Gasteiger partial charge in [0.2, 0.25) is 0 Å². The summed E-state index contributed by atoms with van der Waals surface area (Å²) in [6.45, 7) is 3.28. The van der Waals surface area contributed by atoms with Crippen LogP contribution in [0.15, 0.2) is 24.3 Å². The lowest BCUT2D eigenvalue weighted by Crippen LogP contribution is -2.04. The first kappa shape index (κ1) is 11.4. The van der Waals surface area contributed by atoms with Crippen molar-refractivity contribution < 1.29 is 14.6 Å². The average Bonchev–Trinajstić information content (AvgIpc) is 3.09. The molecule has 1 N–H and O–H groups in total. The third kappa shape index (κ3) is 3.83. The SMILES string of the molecule is CC(O)CCc1ccc(OCC2CO2)cc1. The monoisotopic (exact) mass is 222 g/mol. The fourth-order valence-electron chi connectivity index (χ4n) is 1.48. The normalized spacial score (nSPS) is 20.5. The molecule has 0 amide bonds. The Balaban J connectivity index is 1.78. The minimum absolute atomic E-state index is 0.233. The topological polar surface area (TPSA) is 42.0 Å². The first-order valence-electron chi connectivity index (χ1n) is 5.75. The van der Waals surface area contributed by atoms with Crippen LogP contribution in [0.25, 0.3) is 0 Å². The number of rotatable bonds is 6. The number of benzene rings is 1.